The maximum absolute atomic E-state index is 12.4. The van der Waals surface area contributed by atoms with Gasteiger partial charge in [0.15, 0.2) is 0 Å². The van der Waals surface area contributed by atoms with Crippen LogP contribution in [0.4, 0.5) is 0 Å². The minimum absolute atomic E-state index is 0.0123. The summed E-state index contributed by atoms with van der Waals surface area (Å²) in [5.74, 6) is 0.902. The minimum Gasteiger partial charge on any atom is -0.381 e. The topological polar surface area (TPSA) is 70.6 Å². The van der Waals surface area contributed by atoms with E-state index in [2.05, 4.69) is 25.1 Å². The number of amides is 1. The molecule has 0 radical (unpaired) electrons. The summed E-state index contributed by atoms with van der Waals surface area (Å²) in [5, 5.41) is 2.84. The molecule has 1 aromatic heterocycles. The van der Waals surface area contributed by atoms with Crippen LogP contribution in [0.25, 0.3) is 0 Å². The molecule has 1 amide bonds. The molecule has 1 aromatic rings. The fraction of sp³-hybridized carbons (Fsp3) is 0.722. The van der Waals surface area contributed by atoms with Crippen molar-refractivity contribution in [2.75, 3.05) is 46.4 Å². The van der Waals surface area contributed by atoms with Gasteiger partial charge in [-0.3, -0.25) is 14.6 Å². The van der Waals surface area contributed by atoms with Gasteiger partial charge < -0.3 is 10.1 Å². The monoisotopic (exact) mass is 347 g/mol. The van der Waals surface area contributed by atoms with Gasteiger partial charge in [0.25, 0.3) is 0 Å². The maximum atomic E-state index is 12.4. The van der Waals surface area contributed by atoms with Gasteiger partial charge in [0.2, 0.25) is 5.91 Å². The van der Waals surface area contributed by atoms with Gasteiger partial charge in [-0.15, -0.1) is 0 Å². The fourth-order valence-electron chi connectivity index (χ4n) is 3.76. The lowest BCUT2D eigenvalue weighted by Gasteiger charge is -2.34. The highest BCUT2D eigenvalue weighted by molar-refractivity contribution is 5.78. The third kappa shape index (κ3) is 4.96. The Morgan fingerprint density at radius 1 is 1.24 bits per heavy atom. The second kappa shape index (κ2) is 8.69. The molecule has 2 aliphatic heterocycles. The Bertz CT molecular complexity index is 559. The summed E-state index contributed by atoms with van der Waals surface area (Å²) in [5.41, 5.74) is 1.10. The van der Waals surface area contributed by atoms with Crippen LogP contribution in [0.3, 0.4) is 0 Å². The van der Waals surface area contributed by atoms with E-state index in [9.17, 15) is 4.79 Å². The molecule has 2 aliphatic rings. The normalized spacial score (nSPS) is 24.0. The smallest absolute Gasteiger partial charge is 0.225 e. The molecule has 138 valence electrons. The van der Waals surface area contributed by atoms with Crippen LogP contribution < -0.4 is 5.32 Å². The van der Waals surface area contributed by atoms with Crippen molar-refractivity contribution in [2.45, 2.75) is 32.4 Å². The van der Waals surface area contributed by atoms with Crippen LogP contribution in [-0.2, 0) is 16.1 Å². The number of carbonyl (C=O) groups is 1. The van der Waals surface area contributed by atoms with Gasteiger partial charge in [-0.2, -0.15) is 0 Å². The number of carbonyl (C=O) groups excluding carboxylic acids is 1. The molecule has 0 unspecified atom stereocenters. The third-order valence-electron chi connectivity index (χ3n) is 5.20. The van der Waals surface area contributed by atoms with Crippen molar-refractivity contribution in [1.82, 2.24) is 25.1 Å². The molecule has 25 heavy (non-hydrogen) atoms. The standard InChI is InChI=1S/C18H29N5O2/c1-14-20-9-15(10-21-14)11-22-5-6-23(17-3-7-25-8-4-17)13-16(12-22)18(24)19-2/h9-10,16-17H,3-8,11-13H2,1-2H3,(H,19,24)/t16-/m0/s1. The highest BCUT2D eigenvalue weighted by Gasteiger charge is 2.31. The summed E-state index contributed by atoms with van der Waals surface area (Å²) in [4.78, 5) is 25.8. The summed E-state index contributed by atoms with van der Waals surface area (Å²) < 4.78 is 5.50. The SMILES string of the molecule is CNC(=O)[C@H]1CN(Cc2cnc(C)nc2)CCN(C2CCOCC2)C1. The third-order valence-corrected chi connectivity index (χ3v) is 5.20. The summed E-state index contributed by atoms with van der Waals surface area (Å²) in [6, 6.07) is 0.531. The predicted octanol–water partition coefficient (Wildman–Crippen LogP) is 0.444. The molecule has 1 N–H and O–H groups in total. The molecule has 0 spiro atoms. The molecule has 2 saturated heterocycles. The maximum Gasteiger partial charge on any atom is 0.225 e. The summed E-state index contributed by atoms with van der Waals surface area (Å²) >= 11 is 0. The van der Waals surface area contributed by atoms with E-state index in [0.29, 0.717) is 6.04 Å². The van der Waals surface area contributed by atoms with Crippen molar-refractivity contribution in [1.29, 1.82) is 0 Å². The highest BCUT2D eigenvalue weighted by Crippen LogP contribution is 2.20. The van der Waals surface area contributed by atoms with Crippen LogP contribution in [0.5, 0.6) is 0 Å². The van der Waals surface area contributed by atoms with Crippen LogP contribution in [-0.4, -0.2) is 78.2 Å². The lowest BCUT2D eigenvalue weighted by Crippen LogP contribution is -2.45. The first-order valence-electron chi connectivity index (χ1n) is 9.19. The van der Waals surface area contributed by atoms with Gasteiger partial charge >= 0.3 is 0 Å². The Morgan fingerprint density at radius 3 is 2.64 bits per heavy atom. The summed E-state index contributed by atoms with van der Waals surface area (Å²) in [7, 11) is 1.73. The quantitative estimate of drug-likeness (QED) is 0.852. The van der Waals surface area contributed by atoms with Gasteiger partial charge in [-0.05, 0) is 19.8 Å². The molecule has 7 heteroatoms. The van der Waals surface area contributed by atoms with E-state index in [0.717, 1.165) is 70.2 Å². The number of ether oxygens (including phenoxy) is 1. The molecule has 0 aliphatic carbocycles. The lowest BCUT2D eigenvalue weighted by atomic mass is 10.0. The van der Waals surface area contributed by atoms with Crippen molar-refractivity contribution in [3.8, 4) is 0 Å². The number of rotatable bonds is 4. The van der Waals surface area contributed by atoms with E-state index in [1.54, 1.807) is 7.05 Å². The Kier molecular flexibility index (Phi) is 6.34. The van der Waals surface area contributed by atoms with Gasteiger partial charge in [-0.1, -0.05) is 0 Å². The molecule has 0 saturated carbocycles. The molecule has 2 fully saturated rings. The van der Waals surface area contributed by atoms with Crippen LogP contribution >= 0.6 is 0 Å². The molecular formula is C18H29N5O2. The second-order valence-electron chi connectivity index (χ2n) is 7.02. The number of hydrogen-bond acceptors (Lipinski definition) is 6. The Hall–Kier alpha value is -1.57. The Morgan fingerprint density at radius 2 is 1.96 bits per heavy atom. The predicted molar refractivity (Wildman–Crippen MR) is 95.0 cm³/mol. The molecule has 3 rings (SSSR count). The van der Waals surface area contributed by atoms with E-state index in [1.807, 2.05) is 19.3 Å². The molecule has 0 bridgehead atoms. The van der Waals surface area contributed by atoms with E-state index >= 15 is 0 Å². The highest BCUT2D eigenvalue weighted by atomic mass is 16.5. The number of nitrogens with one attached hydrogen (secondary N) is 1. The minimum atomic E-state index is -0.0123. The molecule has 1 atom stereocenters. The zero-order chi connectivity index (χ0) is 17.6. The van der Waals surface area contributed by atoms with Crippen molar-refractivity contribution >= 4 is 5.91 Å². The number of hydrogen-bond donors (Lipinski definition) is 1. The summed E-state index contributed by atoms with van der Waals surface area (Å²) in [6.07, 6.45) is 5.90. The number of aryl methyl sites for hydroxylation is 1. The average Bonchev–Trinajstić information content (AvgIpc) is 2.86. The second-order valence-corrected chi connectivity index (χ2v) is 7.02. The van der Waals surface area contributed by atoms with Crippen molar-refractivity contribution < 1.29 is 9.53 Å². The van der Waals surface area contributed by atoms with Crippen LogP contribution in [0.15, 0.2) is 12.4 Å². The molecular weight excluding hydrogens is 318 g/mol. The molecule has 0 aromatic carbocycles. The van der Waals surface area contributed by atoms with Gasteiger partial charge in [0, 0.05) is 77.0 Å². The van der Waals surface area contributed by atoms with Crippen LogP contribution in [0, 0.1) is 12.8 Å². The Labute approximate surface area is 149 Å². The van der Waals surface area contributed by atoms with Gasteiger partial charge in [0.05, 0.1) is 5.92 Å². The van der Waals surface area contributed by atoms with E-state index in [4.69, 9.17) is 4.74 Å². The first kappa shape index (κ1) is 18.2. The van der Waals surface area contributed by atoms with Crippen LogP contribution in [0.1, 0.15) is 24.2 Å². The van der Waals surface area contributed by atoms with Crippen LogP contribution in [0.2, 0.25) is 0 Å². The van der Waals surface area contributed by atoms with Crippen molar-refractivity contribution in [3.63, 3.8) is 0 Å². The molecule has 7 nitrogen and oxygen atoms in total. The lowest BCUT2D eigenvalue weighted by molar-refractivity contribution is -0.125. The van der Waals surface area contributed by atoms with Crippen molar-refractivity contribution in [3.05, 3.63) is 23.8 Å². The zero-order valence-electron chi connectivity index (χ0n) is 15.3. The van der Waals surface area contributed by atoms with Gasteiger partial charge in [-0.25, -0.2) is 9.97 Å². The number of aromatic nitrogens is 2. The Balaban J connectivity index is 1.68. The fourth-order valence-corrected chi connectivity index (χ4v) is 3.76. The average molecular weight is 347 g/mol. The first-order valence-corrected chi connectivity index (χ1v) is 9.19. The van der Waals surface area contributed by atoms with E-state index in [-0.39, 0.29) is 11.8 Å². The molecule has 3 heterocycles. The largest absolute Gasteiger partial charge is 0.381 e. The van der Waals surface area contributed by atoms with Crippen molar-refractivity contribution in [2.24, 2.45) is 5.92 Å². The first-order chi connectivity index (χ1) is 12.2. The summed E-state index contributed by atoms with van der Waals surface area (Å²) in [6.45, 7) is 7.88. The van der Waals surface area contributed by atoms with Gasteiger partial charge in [0.1, 0.15) is 5.82 Å². The van der Waals surface area contributed by atoms with E-state index < -0.39 is 0 Å². The van der Waals surface area contributed by atoms with E-state index in [1.165, 1.54) is 0 Å². The zero-order valence-corrected chi connectivity index (χ0v) is 15.3. The number of nitrogens with zero attached hydrogens (tertiary/aromatic N) is 4.